The van der Waals surface area contributed by atoms with Crippen molar-refractivity contribution in [3.63, 3.8) is 0 Å². The Morgan fingerprint density at radius 3 is 2.83 bits per heavy atom. The highest BCUT2D eigenvalue weighted by Crippen LogP contribution is 2.25. The molecule has 0 saturated carbocycles. The number of hydrogen-bond donors (Lipinski definition) is 1. The lowest BCUT2D eigenvalue weighted by Crippen LogP contribution is -2.30. The molecule has 1 N–H and O–H groups in total. The van der Waals surface area contributed by atoms with Crippen molar-refractivity contribution in [2.24, 2.45) is 5.92 Å². The number of nitrogens with one attached hydrogen (secondary N) is 1. The summed E-state index contributed by atoms with van der Waals surface area (Å²) in [5.74, 6) is 1.20. The van der Waals surface area contributed by atoms with Crippen LogP contribution in [0.25, 0.3) is 0 Å². The van der Waals surface area contributed by atoms with Gasteiger partial charge in [-0.15, -0.1) is 0 Å². The molecule has 1 aliphatic heterocycles. The molecular weight excluding hydrogens is 300 g/mol. The summed E-state index contributed by atoms with van der Waals surface area (Å²) in [5, 5.41) is 3.54. The maximum Gasteiger partial charge on any atom is 0.223 e. The second-order valence-electron chi connectivity index (χ2n) is 6.87. The van der Waals surface area contributed by atoms with Gasteiger partial charge in [0.1, 0.15) is 0 Å². The van der Waals surface area contributed by atoms with Crippen molar-refractivity contribution in [3.8, 4) is 0 Å². The summed E-state index contributed by atoms with van der Waals surface area (Å²) in [7, 11) is 0. The van der Waals surface area contributed by atoms with E-state index in [0.717, 1.165) is 44.1 Å². The Balaban J connectivity index is 1.49. The Hall–Kier alpha value is -2.01. The third-order valence-electron chi connectivity index (χ3n) is 5.15. The summed E-state index contributed by atoms with van der Waals surface area (Å²) in [4.78, 5) is 13.6. The molecule has 0 radical (unpaired) electrons. The van der Waals surface area contributed by atoms with Crippen LogP contribution in [0.15, 0.2) is 24.5 Å². The van der Waals surface area contributed by atoms with Crippen LogP contribution in [0, 0.1) is 12.8 Å². The van der Waals surface area contributed by atoms with E-state index in [0.29, 0.717) is 5.92 Å². The Labute approximate surface area is 142 Å². The third-order valence-corrected chi connectivity index (χ3v) is 5.15. The van der Waals surface area contributed by atoms with Crippen molar-refractivity contribution in [2.45, 2.75) is 45.1 Å². The monoisotopic (exact) mass is 324 g/mol. The van der Waals surface area contributed by atoms with Gasteiger partial charge in [0.25, 0.3) is 0 Å². The number of pyridine rings is 1. The second kappa shape index (κ2) is 6.85. The zero-order valence-corrected chi connectivity index (χ0v) is 14.2. The maximum atomic E-state index is 5.72. The highest BCUT2D eigenvalue weighted by atomic mass is 16.5. The van der Waals surface area contributed by atoms with E-state index in [1.54, 1.807) is 0 Å². The Morgan fingerprint density at radius 1 is 1.12 bits per heavy atom. The number of rotatable bonds is 4. The summed E-state index contributed by atoms with van der Waals surface area (Å²) in [6.45, 7) is 3.61. The predicted octanol–water partition coefficient (Wildman–Crippen LogP) is 2.73. The lowest BCUT2D eigenvalue weighted by molar-refractivity contribution is 0.185. The fraction of sp³-hybridized carbons (Fsp3) is 0.526. The van der Waals surface area contributed by atoms with E-state index in [1.165, 1.54) is 29.7 Å². The minimum Gasteiger partial charge on any atom is -0.379 e. The standard InChI is InChI=1S/C19H24N4O/c1-13-16-4-2-3-5-17(16)22-19(21-13)23-18-12-24-11-15(18)10-14-6-8-20-9-7-14/h6-9,15,18H,2-5,10-12H2,1H3,(H,21,22,23)/t15-,18+/m1/s1. The first-order chi connectivity index (χ1) is 11.8. The molecule has 1 aliphatic carbocycles. The maximum absolute atomic E-state index is 5.72. The van der Waals surface area contributed by atoms with Crippen molar-refractivity contribution in [1.82, 2.24) is 15.0 Å². The molecule has 0 spiro atoms. The van der Waals surface area contributed by atoms with Gasteiger partial charge < -0.3 is 10.1 Å². The molecule has 24 heavy (non-hydrogen) atoms. The molecule has 2 atom stereocenters. The van der Waals surface area contributed by atoms with Crippen LogP contribution >= 0.6 is 0 Å². The fourth-order valence-electron chi connectivity index (χ4n) is 3.79. The number of nitrogens with zero attached hydrogens (tertiary/aromatic N) is 3. The van der Waals surface area contributed by atoms with E-state index in [-0.39, 0.29) is 6.04 Å². The van der Waals surface area contributed by atoms with Gasteiger partial charge in [-0.2, -0.15) is 0 Å². The first kappa shape index (κ1) is 15.5. The van der Waals surface area contributed by atoms with E-state index in [4.69, 9.17) is 14.7 Å². The zero-order chi connectivity index (χ0) is 16.4. The highest BCUT2D eigenvalue weighted by molar-refractivity contribution is 5.37. The fourth-order valence-corrected chi connectivity index (χ4v) is 3.79. The highest BCUT2D eigenvalue weighted by Gasteiger charge is 2.29. The van der Waals surface area contributed by atoms with Gasteiger partial charge in [-0.1, -0.05) is 0 Å². The molecule has 0 bridgehead atoms. The van der Waals surface area contributed by atoms with Crippen LogP contribution in [-0.2, 0) is 24.0 Å². The predicted molar refractivity (Wildman–Crippen MR) is 93.1 cm³/mol. The normalized spacial score (nSPS) is 23.0. The van der Waals surface area contributed by atoms with Crippen LogP contribution in [0.4, 0.5) is 5.95 Å². The van der Waals surface area contributed by atoms with Crippen molar-refractivity contribution in [1.29, 1.82) is 0 Å². The average Bonchev–Trinajstić information content (AvgIpc) is 3.03. The van der Waals surface area contributed by atoms with Crippen molar-refractivity contribution in [2.75, 3.05) is 18.5 Å². The van der Waals surface area contributed by atoms with E-state index >= 15 is 0 Å². The Bertz CT molecular complexity index is 704. The first-order valence-corrected chi connectivity index (χ1v) is 8.89. The SMILES string of the molecule is Cc1nc(N[C@H]2COC[C@H]2Cc2ccncc2)nc2c1CCCC2. The van der Waals surface area contributed by atoms with E-state index in [2.05, 4.69) is 29.4 Å². The van der Waals surface area contributed by atoms with Crippen LogP contribution in [0.1, 0.15) is 35.4 Å². The molecule has 5 heteroatoms. The third kappa shape index (κ3) is 3.26. The number of anilines is 1. The van der Waals surface area contributed by atoms with Gasteiger partial charge in [-0.25, -0.2) is 9.97 Å². The second-order valence-corrected chi connectivity index (χ2v) is 6.87. The van der Waals surface area contributed by atoms with E-state index < -0.39 is 0 Å². The van der Waals surface area contributed by atoms with Gasteiger partial charge in [0, 0.05) is 29.7 Å². The van der Waals surface area contributed by atoms with Gasteiger partial charge in [-0.05, 0) is 62.3 Å². The molecule has 0 unspecified atom stereocenters. The van der Waals surface area contributed by atoms with Crippen LogP contribution in [0.3, 0.4) is 0 Å². The van der Waals surface area contributed by atoms with Crippen molar-refractivity contribution in [3.05, 3.63) is 47.0 Å². The Morgan fingerprint density at radius 2 is 1.96 bits per heavy atom. The Kier molecular flexibility index (Phi) is 4.43. The molecular formula is C19H24N4O. The molecule has 2 aromatic rings. The molecule has 4 rings (SSSR count). The summed E-state index contributed by atoms with van der Waals surface area (Å²) < 4.78 is 5.72. The summed E-state index contributed by atoms with van der Waals surface area (Å²) in [6.07, 6.45) is 9.39. The smallest absolute Gasteiger partial charge is 0.223 e. The van der Waals surface area contributed by atoms with Crippen LogP contribution in [0.5, 0.6) is 0 Å². The lowest BCUT2D eigenvalue weighted by Gasteiger charge is -2.22. The zero-order valence-electron chi connectivity index (χ0n) is 14.2. The molecule has 1 fully saturated rings. The van der Waals surface area contributed by atoms with Gasteiger partial charge >= 0.3 is 0 Å². The molecule has 126 valence electrons. The number of hydrogen-bond acceptors (Lipinski definition) is 5. The number of aromatic nitrogens is 3. The van der Waals surface area contributed by atoms with Gasteiger partial charge in [-0.3, -0.25) is 4.98 Å². The minimum absolute atomic E-state index is 0.263. The van der Waals surface area contributed by atoms with E-state index in [9.17, 15) is 0 Å². The molecule has 2 aliphatic rings. The first-order valence-electron chi connectivity index (χ1n) is 8.89. The van der Waals surface area contributed by atoms with Gasteiger partial charge in [0.05, 0.1) is 19.3 Å². The number of ether oxygens (including phenoxy) is 1. The van der Waals surface area contributed by atoms with Gasteiger partial charge in [0.2, 0.25) is 5.95 Å². The average molecular weight is 324 g/mol. The molecule has 0 amide bonds. The van der Waals surface area contributed by atoms with Crippen LogP contribution in [0.2, 0.25) is 0 Å². The van der Waals surface area contributed by atoms with Gasteiger partial charge in [0.15, 0.2) is 0 Å². The van der Waals surface area contributed by atoms with Crippen molar-refractivity contribution >= 4 is 5.95 Å². The van der Waals surface area contributed by atoms with Crippen LogP contribution in [-0.4, -0.2) is 34.2 Å². The largest absolute Gasteiger partial charge is 0.379 e. The topological polar surface area (TPSA) is 59.9 Å². The number of fused-ring (bicyclic) bond motifs is 1. The van der Waals surface area contributed by atoms with Crippen LogP contribution < -0.4 is 5.32 Å². The summed E-state index contributed by atoms with van der Waals surface area (Å²) in [5.41, 5.74) is 5.03. The minimum atomic E-state index is 0.263. The summed E-state index contributed by atoms with van der Waals surface area (Å²) >= 11 is 0. The van der Waals surface area contributed by atoms with Crippen molar-refractivity contribution < 1.29 is 4.74 Å². The molecule has 3 heterocycles. The quantitative estimate of drug-likeness (QED) is 0.937. The molecule has 0 aromatic carbocycles. The summed E-state index contributed by atoms with van der Waals surface area (Å²) in [6, 6.07) is 4.42. The van der Waals surface area contributed by atoms with E-state index in [1.807, 2.05) is 12.4 Å². The molecule has 5 nitrogen and oxygen atoms in total. The lowest BCUT2D eigenvalue weighted by atomic mass is 9.94. The molecule has 2 aromatic heterocycles. The molecule has 1 saturated heterocycles. The number of aryl methyl sites for hydroxylation is 2.